The maximum Gasteiger partial charge on any atom is 0.251 e. The summed E-state index contributed by atoms with van der Waals surface area (Å²) in [6.07, 6.45) is 0.643. The lowest BCUT2D eigenvalue weighted by Gasteiger charge is -2.12. The molecule has 1 aromatic rings. The lowest BCUT2D eigenvalue weighted by Crippen LogP contribution is -2.28. The maximum absolute atomic E-state index is 11.9. The van der Waals surface area contributed by atoms with Gasteiger partial charge in [0, 0.05) is 18.7 Å². The van der Waals surface area contributed by atoms with Crippen molar-refractivity contribution in [2.45, 2.75) is 13.3 Å². The maximum atomic E-state index is 11.9. The van der Waals surface area contributed by atoms with Gasteiger partial charge in [0.25, 0.3) is 5.91 Å². The van der Waals surface area contributed by atoms with Crippen LogP contribution in [0.4, 0.5) is 0 Å². The van der Waals surface area contributed by atoms with E-state index in [4.69, 9.17) is 33.0 Å². The first-order valence-corrected chi connectivity index (χ1v) is 6.67. The Hall–Kier alpha value is -0.970. The van der Waals surface area contributed by atoms with E-state index in [1.807, 2.05) is 6.92 Å². The average molecular weight is 306 g/mol. The number of hydrogen-bond donors (Lipinski definition) is 2. The number of aliphatic hydroxyl groups is 1. The highest BCUT2D eigenvalue weighted by molar-refractivity contribution is 6.37. The van der Waals surface area contributed by atoms with Gasteiger partial charge in [-0.3, -0.25) is 4.79 Å². The summed E-state index contributed by atoms with van der Waals surface area (Å²) in [6, 6.07) is 3.02. The minimum atomic E-state index is -0.253. The minimum Gasteiger partial charge on any atom is -0.494 e. The number of carbonyl (C=O) groups excluding carboxylic acids is 1. The highest BCUT2D eigenvalue weighted by Crippen LogP contribution is 2.33. The molecule has 1 unspecified atom stereocenters. The summed E-state index contributed by atoms with van der Waals surface area (Å²) in [5.41, 5.74) is 0.381. The average Bonchev–Trinajstić information content (AvgIpc) is 2.36. The van der Waals surface area contributed by atoms with Gasteiger partial charge in [0.05, 0.1) is 17.2 Å². The molecule has 0 aliphatic carbocycles. The van der Waals surface area contributed by atoms with Gasteiger partial charge in [0.1, 0.15) is 0 Å². The monoisotopic (exact) mass is 305 g/mol. The molecule has 0 radical (unpaired) electrons. The van der Waals surface area contributed by atoms with Crippen LogP contribution in [0.1, 0.15) is 23.7 Å². The molecule has 0 aliphatic rings. The molecule has 1 rings (SSSR count). The fourth-order valence-corrected chi connectivity index (χ4v) is 2.22. The first-order valence-electron chi connectivity index (χ1n) is 5.91. The van der Waals surface area contributed by atoms with E-state index in [2.05, 4.69) is 5.32 Å². The summed E-state index contributed by atoms with van der Waals surface area (Å²) >= 11 is 11.9. The predicted octanol–water partition coefficient (Wildman–Crippen LogP) is 2.75. The summed E-state index contributed by atoms with van der Waals surface area (Å²) in [5, 5.41) is 12.1. The lowest BCUT2D eigenvalue weighted by molar-refractivity contribution is 0.0945. The fraction of sp³-hybridized carbons (Fsp3) is 0.462. The Kier molecular flexibility index (Phi) is 6.42. The number of carbonyl (C=O) groups is 1. The van der Waals surface area contributed by atoms with Gasteiger partial charge in [-0.15, -0.1) is 0 Å². The zero-order chi connectivity index (χ0) is 14.4. The third-order valence-electron chi connectivity index (χ3n) is 2.70. The van der Waals surface area contributed by atoms with Gasteiger partial charge < -0.3 is 15.2 Å². The Morgan fingerprint density at radius 2 is 2.00 bits per heavy atom. The molecule has 0 fully saturated rings. The van der Waals surface area contributed by atoms with Gasteiger partial charge in [0.15, 0.2) is 5.75 Å². The summed E-state index contributed by atoms with van der Waals surface area (Å²) in [7, 11) is 1.46. The predicted molar refractivity (Wildman–Crippen MR) is 76.2 cm³/mol. The van der Waals surface area contributed by atoms with E-state index in [9.17, 15) is 4.79 Å². The van der Waals surface area contributed by atoms with Crippen molar-refractivity contribution < 1.29 is 14.6 Å². The molecule has 0 saturated carbocycles. The molecule has 1 aromatic carbocycles. The second kappa shape index (κ2) is 7.58. The largest absolute Gasteiger partial charge is 0.494 e. The van der Waals surface area contributed by atoms with Crippen molar-refractivity contribution in [1.82, 2.24) is 5.32 Å². The van der Waals surface area contributed by atoms with Crippen molar-refractivity contribution in [2.24, 2.45) is 5.92 Å². The molecule has 0 bridgehead atoms. The molecule has 2 N–H and O–H groups in total. The second-order valence-electron chi connectivity index (χ2n) is 4.30. The number of amides is 1. The fourth-order valence-electron chi connectivity index (χ4n) is 1.58. The van der Waals surface area contributed by atoms with Crippen LogP contribution in [0, 0.1) is 5.92 Å². The zero-order valence-electron chi connectivity index (χ0n) is 10.9. The van der Waals surface area contributed by atoms with Crippen molar-refractivity contribution in [3.8, 4) is 5.75 Å². The Morgan fingerprint density at radius 1 is 1.42 bits per heavy atom. The highest BCUT2D eigenvalue weighted by Gasteiger charge is 2.14. The lowest BCUT2D eigenvalue weighted by atomic mass is 10.1. The van der Waals surface area contributed by atoms with E-state index < -0.39 is 0 Å². The van der Waals surface area contributed by atoms with E-state index in [0.717, 1.165) is 0 Å². The van der Waals surface area contributed by atoms with Crippen molar-refractivity contribution in [2.75, 3.05) is 20.3 Å². The van der Waals surface area contributed by atoms with Gasteiger partial charge in [-0.05, 0) is 24.5 Å². The summed E-state index contributed by atoms with van der Waals surface area (Å²) in [5.74, 6) is 0.308. The Labute approximate surface area is 122 Å². The third kappa shape index (κ3) is 4.56. The topological polar surface area (TPSA) is 58.6 Å². The van der Waals surface area contributed by atoms with E-state index in [0.29, 0.717) is 34.3 Å². The van der Waals surface area contributed by atoms with Gasteiger partial charge >= 0.3 is 0 Å². The van der Waals surface area contributed by atoms with E-state index in [-0.39, 0.29) is 18.4 Å². The molecule has 106 valence electrons. The van der Waals surface area contributed by atoms with Crippen LogP contribution in [-0.2, 0) is 0 Å². The van der Waals surface area contributed by atoms with Gasteiger partial charge in [-0.2, -0.15) is 0 Å². The van der Waals surface area contributed by atoms with E-state index in [1.54, 1.807) is 0 Å². The van der Waals surface area contributed by atoms with Gasteiger partial charge in [-0.25, -0.2) is 0 Å². The zero-order valence-corrected chi connectivity index (χ0v) is 12.4. The number of ether oxygens (including phenoxy) is 1. The van der Waals surface area contributed by atoms with E-state index >= 15 is 0 Å². The van der Waals surface area contributed by atoms with E-state index in [1.165, 1.54) is 19.2 Å². The van der Waals surface area contributed by atoms with Crippen LogP contribution in [-0.4, -0.2) is 31.3 Å². The van der Waals surface area contributed by atoms with Crippen LogP contribution < -0.4 is 10.1 Å². The molecule has 1 amide bonds. The van der Waals surface area contributed by atoms with Crippen molar-refractivity contribution in [1.29, 1.82) is 0 Å². The summed E-state index contributed by atoms with van der Waals surface area (Å²) in [6.45, 7) is 2.54. The number of hydrogen-bond acceptors (Lipinski definition) is 3. The molecule has 4 nitrogen and oxygen atoms in total. The Bertz CT molecular complexity index is 429. The smallest absolute Gasteiger partial charge is 0.251 e. The summed E-state index contributed by atoms with van der Waals surface area (Å²) in [4.78, 5) is 11.9. The quantitative estimate of drug-likeness (QED) is 0.849. The number of methoxy groups -OCH3 is 1. The molecule has 0 aliphatic heterocycles. The molecule has 6 heteroatoms. The van der Waals surface area contributed by atoms with Crippen molar-refractivity contribution >= 4 is 29.1 Å². The number of nitrogens with one attached hydrogen (secondary N) is 1. The first-order chi connectivity index (χ1) is 8.99. The molecular weight excluding hydrogens is 289 g/mol. The number of halogens is 2. The summed E-state index contributed by atoms with van der Waals surface area (Å²) < 4.78 is 5.02. The van der Waals surface area contributed by atoms with Crippen molar-refractivity contribution in [3.63, 3.8) is 0 Å². The molecule has 0 spiro atoms. The van der Waals surface area contributed by atoms with Crippen LogP contribution in [0.5, 0.6) is 5.75 Å². The standard InChI is InChI=1S/C13H17Cl2NO3/c1-8(3-4-17)7-16-13(18)9-5-10(14)12(19-2)11(15)6-9/h5-6,8,17H,3-4,7H2,1-2H3,(H,16,18). The van der Waals surface area contributed by atoms with Crippen LogP contribution in [0.25, 0.3) is 0 Å². The Morgan fingerprint density at radius 3 is 2.47 bits per heavy atom. The highest BCUT2D eigenvalue weighted by atomic mass is 35.5. The number of aliphatic hydroxyl groups excluding tert-OH is 1. The molecule has 19 heavy (non-hydrogen) atoms. The molecular formula is C13H17Cl2NO3. The van der Waals surface area contributed by atoms with Gasteiger partial charge in [0.2, 0.25) is 0 Å². The van der Waals surface area contributed by atoms with Crippen LogP contribution in [0.3, 0.4) is 0 Å². The normalized spacial score (nSPS) is 12.1. The van der Waals surface area contributed by atoms with Crippen LogP contribution in [0.15, 0.2) is 12.1 Å². The molecule has 0 heterocycles. The van der Waals surface area contributed by atoms with Crippen LogP contribution >= 0.6 is 23.2 Å². The Balaban J connectivity index is 2.73. The third-order valence-corrected chi connectivity index (χ3v) is 3.26. The SMILES string of the molecule is COc1c(Cl)cc(C(=O)NCC(C)CCO)cc1Cl. The first kappa shape index (κ1) is 16.1. The van der Waals surface area contributed by atoms with Crippen LogP contribution in [0.2, 0.25) is 10.0 Å². The molecule has 1 atom stereocenters. The van der Waals surface area contributed by atoms with Crippen molar-refractivity contribution in [3.05, 3.63) is 27.7 Å². The molecule has 0 saturated heterocycles. The molecule has 0 aromatic heterocycles. The minimum absolute atomic E-state index is 0.108. The number of rotatable bonds is 6. The number of benzene rings is 1. The van der Waals surface area contributed by atoms with Gasteiger partial charge in [-0.1, -0.05) is 30.1 Å². The second-order valence-corrected chi connectivity index (χ2v) is 5.12.